The summed E-state index contributed by atoms with van der Waals surface area (Å²) in [6.45, 7) is 4.81. The third-order valence-corrected chi connectivity index (χ3v) is 6.15. The van der Waals surface area contributed by atoms with Crippen LogP contribution in [0.3, 0.4) is 0 Å². The second kappa shape index (κ2) is 8.59. The Morgan fingerprint density at radius 3 is 2.52 bits per heavy atom. The third kappa shape index (κ3) is 4.82. The Morgan fingerprint density at radius 1 is 1.21 bits per heavy atom. The highest BCUT2D eigenvalue weighted by Crippen LogP contribution is 2.26. The molecule has 1 amide bonds. The van der Waals surface area contributed by atoms with E-state index in [-0.39, 0.29) is 18.5 Å². The van der Waals surface area contributed by atoms with Crippen LogP contribution in [-0.2, 0) is 10.0 Å². The van der Waals surface area contributed by atoms with Crippen molar-refractivity contribution in [3.8, 4) is 11.4 Å². The van der Waals surface area contributed by atoms with Gasteiger partial charge in [-0.2, -0.15) is 0 Å². The van der Waals surface area contributed by atoms with Crippen molar-refractivity contribution < 1.29 is 17.9 Å². The number of carbonyl (C=O) groups excluding carboxylic acids is 1. The topological polar surface area (TPSA) is 80.6 Å². The SMILES string of the molecule is COc1ccc(-n2c(C)cc(C(=O)N3CCCCC3CNS(C)(=O)=O)c2C)cc1. The molecular formula is C21H29N3O4S. The number of nitrogens with one attached hydrogen (secondary N) is 1. The number of hydrogen-bond donors (Lipinski definition) is 1. The molecular weight excluding hydrogens is 390 g/mol. The summed E-state index contributed by atoms with van der Waals surface area (Å²) >= 11 is 0. The molecule has 7 nitrogen and oxygen atoms in total. The molecule has 0 aliphatic carbocycles. The molecule has 3 rings (SSSR count). The van der Waals surface area contributed by atoms with Crippen molar-refractivity contribution in [1.82, 2.24) is 14.2 Å². The smallest absolute Gasteiger partial charge is 0.255 e. The highest BCUT2D eigenvalue weighted by molar-refractivity contribution is 7.88. The second-order valence-corrected chi connectivity index (χ2v) is 9.42. The average molecular weight is 420 g/mol. The van der Waals surface area contributed by atoms with E-state index in [2.05, 4.69) is 9.29 Å². The maximum atomic E-state index is 13.4. The number of rotatable bonds is 6. The number of amides is 1. The molecule has 29 heavy (non-hydrogen) atoms. The van der Waals surface area contributed by atoms with Crippen molar-refractivity contribution in [2.24, 2.45) is 0 Å². The molecule has 158 valence electrons. The van der Waals surface area contributed by atoms with E-state index in [0.29, 0.717) is 12.1 Å². The maximum absolute atomic E-state index is 13.4. The summed E-state index contributed by atoms with van der Waals surface area (Å²) in [5, 5.41) is 0. The lowest BCUT2D eigenvalue weighted by molar-refractivity contribution is 0.0618. The van der Waals surface area contributed by atoms with Gasteiger partial charge in [0.1, 0.15) is 5.75 Å². The minimum absolute atomic E-state index is 0.0436. The summed E-state index contributed by atoms with van der Waals surface area (Å²) in [7, 11) is -1.66. The molecule has 0 radical (unpaired) electrons. The quantitative estimate of drug-likeness (QED) is 0.781. The predicted octanol–water partition coefficient (Wildman–Crippen LogP) is 2.65. The van der Waals surface area contributed by atoms with Crippen LogP contribution in [0.15, 0.2) is 30.3 Å². The fourth-order valence-electron chi connectivity index (χ4n) is 3.99. The van der Waals surface area contributed by atoms with Crippen LogP contribution in [0, 0.1) is 13.8 Å². The zero-order valence-corrected chi connectivity index (χ0v) is 18.3. The van der Waals surface area contributed by atoms with E-state index in [0.717, 1.165) is 48.3 Å². The second-order valence-electron chi connectivity index (χ2n) is 7.59. The zero-order chi connectivity index (χ0) is 21.2. The number of hydrogen-bond acceptors (Lipinski definition) is 4. The summed E-state index contributed by atoms with van der Waals surface area (Å²) < 4.78 is 32.8. The molecule has 0 bridgehead atoms. The molecule has 1 aliphatic heterocycles. The van der Waals surface area contributed by atoms with Gasteiger partial charge in [0.15, 0.2) is 0 Å². The van der Waals surface area contributed by atoms with Gasteiger partial charge in [-0.25, -0.2) is 13.1 Å². The van der Waals surface area contributed by atoms with Crippen molar-refractivity contribution in [3.63, 3.8) is 0 Å². The molecule has 1 aromatic heterocycles. The molecule has 1 unspecified atom stereocenters. The predicted molar refractivity (Wildman–Crippen MR) is 113 cm³/mol. The average Bonchev–Trinajstić information content (AvgIpc) is 2.99. The van der Waals surface area contributed by atoms with Crippen LogP contribution in [0.25, 0.3) is 5.69 Å². The highest BCUT2D eigenvalue weighted by atomic mass is 32.2. The van der Waals surface area contributed by atoms with Gasteiger partial charge in [-0.05, 0) is 63.4 Å². The minimum atomic E-state index is -3.29. The third-order valence-electron chi connectivity index (χ3n) is 5.46. The number of sulfonamides is 1. The van der Waals surface area contributed by atoms with E-state index in [1.807, 2.05) is 49.1 Å². The molecule has 2 aromatic rings. The van der Waals surface area contributed by atoms with Crippen LogP contribution in [-0.4, -0.2) is 56.3 Å². The lowest BCUT2D eigenvalue weighted by Gasteiger charge is -2.35. The Hall–Kier alpha value is -2.32. The lowest BCUT2D eigenvalue weighted by Crippen LogP contribution is -2.49. The number of nitrogens with zero attached hydrogens (tertiary/aromatic N) is 2. The van der Waals surface area contributed by atoms with Crippen molar-refractivity contribution >= 4 is 15.9 Å². The van der Waals surface area contributed by atoms with Gasteiger partial charge >= 0.3 is 0 Å². The summed E-state index contributed by atoms with van der Waals surface area (Å²) in [5.74, 6) is 0.736. The minimum Gasteiger partial charge on any atom is -0.497 e. The van der Waals surface area contributed by atoms with Crippen LogP contribution < -0.4 is 9.46 Å². The summed E-state index contributed by atoms with van der Waals surface area (Å²) in [6.07, 6.45) is 3.86. The van der Waals surface area contributed by atoms with Crippen LogP contribution in [0.5, 0.6) is 5.75 Å². The van der Waals surface area contributed by atoms with Crippen molar-refractivity contribution in [2.75, 3.05) is 26.5 Å². The first-order valence-corrected chi connectivity index (χ1v) is 11.7. The molecule has 0 saturated carbocycles. The van der Waals surface area contributed by atoms with Gasteiger partial charge in [0.05, 0.1) is 18.9 Å². The largest absolute Gasteiger partial charge is 0.497 e. The lowest BCUT2D eigenvalue weighted by atomic mass is 10.0. The molecule has 1 N–H and O–H groups in total. The molecule has 1 atom stereocenters. The van der Waals surface area contributed by atoms with Crippen LogP contribution in [0.2, 0.25) is 0 Å². The normalized spacial score (nSPS) is 17.4. The van der Waals surface area contributed by atoms with E-state index in [1.54, 1.807) is 7.11 Å². The number of likely N-dealkylation sites (tertiary alicyclic amines) is 1. The maximum Gasteiger partial charge on any atom is 0.255 e. The van der Waals surface area contributed by atoms with Crippen molar-refractivity contribution in [1.29, 1.82) is 0 Å². The first-order valence-electron chi connectivity index (χ1n) is 9.80. The zero-order valence-electron chi connectivity index (χ0n) is 17.4. The Balaban J connectivity index is 1.88. The summed E-state index contributed by atoms with van der Waals surface area (Å²) in [5.41, 5.74) is 3.47. The fourth-order valence-corrected chi connectivity index (χ4v) is 4.49. The van der Waals surface area contributed by atoms with Gasteiger partial charge in [0, 0.05) is 36.2 Å². The number of carbonyl (C=O) groups is 1. The first-order chi connectivity index (χ1) is 13.7. The van der Waals surface area contributed by atoms with E-state index >= 15 is 0 Å². The van der Waals surface area contributed by atoms with E-state index < -0.39 is 10.0 Å². The van der Waals surface area contributed by atoms with Crippen LogP contribution >= 0.6 is 0 Å². The van der Waals surface area contributed by atoms with Gasteiger partial charge in [-0.1, -0.05) is 0 Å². The molecule has 1 aromatic carbocycles. The Morgan fingerprint density at radius 2 is 1.90 bits per heavy atom. The van der Waals surface area contributed by atoms with Crippen LogP contribution in [0.4, 0.5) is 0 Å². The van der Waals surface area contributed by atoms with Crippen LogP contribution in [0.1, 0.15) is 41.0 Å². The molecule has 1 fully saturated rings. The molecule has 2 heterocycles. The summed E-state index contributed by atoms with van der Waals surface area (Å²) in [6, 6.07) is 9.51. The van der Waals surface area contributed by atoms with Crippen molar-refractivity contribution in [3.05, 3.63) is 47.3 Å². The molecule has 0 spiro atoms. The van der Waals surface area contributed by atoms with Gasteiger partial charge in [0.25, 0.3) is 5.91 Å². The Bertz CT molecular complexity index is 980. The van der Waals surface area contributed by atoms with E-state index in [9.17, 15) is 13.2 Å². The summed E-state index contributed by atoms with van der Waals surface area (Å²) in [4.78, 5) is 15.2. The highest BCUT2D eigenvalue weighted by Gasteiger charge is 2.30. The van der Waals surface area contributed by atoms with E-state index in [1.165, 1.54) is 0 Å². The fraction of sp³-hybridized carbons (Fsp3) is 0.476. The Labute approximate surface area is 172 Å². The van der Waals surface area contributed by atoms with Gasteiger partial charge < -0.3 is 14.2 Å². The number of ether oxygens (including phenoxy) is 1. The molecule has 1 saturated heterocycles. The number of methoxy groups -OCH3 is 1. The molecule has 1 aliphatic rings. The van der Waals surface area contributed by atoms with E-state index in [4.69, 9.17) is 4.74 Å². The number of benzene rings is 1. The number of piperidine rings is 1. The molecule has 8 heteroatoms. The monoisotopic (exact) mass is 419 g/mol. The number of aromatic nitrogens is 1. The first kappa shape index (κ1) is 21.4. The van der Waals surface area contributed by atoms with Gasteiger partial charge in [-0.3, -0.25) is 4.79 Å². The van der Waals surface area contributed by atoms with Gasteiger partial charge in [-0.15, -0.1) is 0 Å². The number of aryl methyl sites for hydroxylation is 1. The van der Waals surface area contributed by atoms with Crippen molar-refractivity contribution in [2.45, 2.75) is 39.2 Å². The standard InChI is InChI=1S/C21H29N3O4S/c1-15-13-20(16(2)24(15)17-8-10-19(28-3)11-9-17)21(25)23-12-6-5-7-18(23)14-22-29(4,26)27/h8-11,13,18,22H,5-7,12,14H2,1-4H3. The van der Waals surface area contributed by atoms with Gasteiger partial charge in [0.2, 0.25) is 10.0 Å². The Kier molecular flexibility index (Phi) is 6.33.